The van der Waals surface area contributed by atoms with E-state index in [1.165, 1.54) is 13.0 Å². The van der Waals surface area contributed by atoms with Crippen LogP contribution in [-0.2, 0) is 0 Å². The minimum atomic E-state index is -0.350. The van der Waals surface area contributed by atoms with Gasteiger partial charge in [0.2, 0.25) is 5.43 Å². The maximum atomic E-state index is 12.2. The summed E-state index contributed by atoms with van der Waals surface area (Å²) in [4.78, 5) is 23.7. The fourth-order valence-electron chi connectivity index (χ4n) is 1.77. The van der Waals surface area contributed by atoms with Crippen LogP contribution in [0.2, 0.25) is 0 Å². The SMILES string of the molecule is CC(=O)c1c(C)oc2c(I)c(O)c(I)cc2c1=O. The minimum absolute atomic E-state index is 0.0692. The fourth-order valence-corrected chi connectivity index (χ4v) is 3.55. The molecule has 1 N–H and O–H groups in total. The second-order valence-electron chi connectivity index (χ2n) is 3.82. The third-order valence-corrected chi connectivity index (χ3v) is 4.40. The largest absolute Gasteiger partial charge is 0.506 e. The third-order valence-electron chi connectivity index (χ3n) is 2.58. The van der Waals surface area contributed by atoms with Crippen LogP contribution in [0.1, 0.15) is 23.0 Å². The lowest BCUT2D eigenvalue weighted by Gasteiger charge is -2.08. The Balaban J connectivity index is 3.06. The number of rotatable bonds is 1. The van der Waals surface area contributed by atoms with E-state index in [0.29, 0.717) is 18.1 Å². The van der Waals surface area contributed by atoms with Crippen molar-refractivity contribution in [3.05, 3.63) is 34.8 Å². The molecule has 2 rings (SSSR count). The fraction of sp³-hybridized carbons (Fsp3) is 0.167. The Kier molecular flexibility index (Phi) is 3.67. The van der Waals surface area contributed by atoms with Gasteiger partial charge in [0.05, 0.1) is 12.5 Å². The zero-order valence-corrected chi connectivity index (χ0v) is 13.8. The third kappa shape index (κ3) is 2.04. The highest BCUT2D eigenvalue weighted by molar-refractivity contribution is 14.1. The summed E-state index contributed by atoms with van der Waals surface area (Å²) in [6.45, 7) is 2.91. The van der Waals surface area contributed by atoms with E-state index in [1.54, 1.807) is 6.92 Å². The Morgan fingerprint density at radius 1 is 1.39 bits per heavy atom. The minimum Gasteiger partial charge on any atom is -0.506 e. The first kappa shape index (κ1) is 13.8. The van der Waals surface area contributed by atoms with Crippen molar-refractivity contribution in [3.8, 4) is 5.75 Å². The van der Waals surface area contributed by atoms with Crippen molar-refractivity contribution < 1.29 is 14.3 Å². The van der Waals surface area contributed by atoms with Crippen molar-refractivity contribution in [2.24, 2.45) is 0 Å². The van der Waals surface area contributed by atoms with E-state index < -0.39 is 0 Å². The number of phenols is 1. The molecule has 4 nitrogen and oxygen atoms in total. The monoisotopic (exact) mass is 470 g/mol. The molecule has 0 unspecified atom stereocenters. The number of carbonyl (C=O) groups is 1. The van der Waals surface area contributed by atoms with Gasteiger partial charge in [-0.25, -0.2) is 0 Å². The lowest BCUT2D eigenvalue weighted by atomic mass is 10.1. The Hall–Kier alpha value is -0.640. The molecule has 0 bridgehead atoms. The summed E-state index contributed by atoms with van der Waals surface area (Å²) in [7, 11) is 0. The van der Waals surface area contributed by atoms with E-state index in [4.69, 9.17) is 4.42 Å². The van der Waals surface area contributed by atoms with Gasteiger partial charge in [0, 0.05) is 0 Å². The molecule has 0 saturated heterocycles. The Morgan fingerprint density at radius 3 is 2.56 bits per heavy atom. The molecule has 94 valence electrons. The number of halogens is 2. The summed E-state index contributed by atoms with van der Waals surface area (Å²) in [6.07, 6.45) is 0. The van der Waals surface area contributed by atoms with Gasteiger partial charge in [0.25, 0.3) is 0 Å². The van der Waals surface area contributed by atoms with E-state index >= 15 is 0 Å². The number of phenolic OH excluding ortho intramolecular Hbond substituents is 1. The molecule has 0 amide bonds. The van der Waals surface area contributed by atoms with Crippen molar-refractivity contribution in [2.45, 2.75) is 13.8 Å². The van der Waals surface area contributed by atoms with Crippen molar-refractivity contribution in [3.63, 3.8) is 0 Å². The van der Waals surface area contributed by atoms with Gasteiger partial charge in [-0.05, 0) is 65.1 Å². The summed E-state index contributed by atoms with van der Waals surface area (Å²) in [5.74, 6) is 0.0431. The molecule has 0 fully saturated rings. The van der Waals surface area contributed by atoms with Gasteiger partial charge in [0.15, 0.2) is 11.4 Å². The molecule has 2 aromatic rings. The molecule has 0 aliphatic heterocycles. The number of Topliss-reactive ketones (excluding diaryl/α,β-unsaturated/α-hetero) is 1. The van der Waals surface area contributed by atoms with Crippen LogP contribution in [0.15, 0.2) is 15.3 Å². The maximum absolute atomic E-state index is 12.2. The molecule has 1 heterocycles. The number of fused-ring (bicyclic) bond motifs is 1. The van der Waals surface area contributed by atoms with E-state index in [1.807, 2.05) is 45.2 Å². The summed E-state index contributed by atoms with van der Waals surface area (Å²) in [5, 5.41) is 10.1. The van der Waals surface area contributed by atoms with Gasteiger partial charge in [0.1, 0.15) is 17.1 Å². The Bertz CT molecular complexity index is 731. The molecule has 0 spiro atoms. The smallest absolute Gasteiger partial charge is 0.203 e. The molecular formula is C12H8I2O4. The number of ketones is 1. The molecule has 1 aromatic carbocycles. The Morgan fingerprint density at radius 2 is 2.00 bits per heavy atom. The number of benzene rings is 1. The van der Waals surface area contributed by atoms with Gasteiger partial charge in [-0.15, -0.1) is 0 Å². The van der Waals surface area contributed by atoms with Crippen LogP contribution in [0.4, 0.5) is 0 Å². The van der Waals surface area contributed by atoms with Crippen molar-refractivity contribution in [2.75, 3.05) is 0 Å². The van der Waals surface area contributed by atoms with Gasteiger partial charge >= 0.3 is 0 Å². The first-order valence-electron chi connectivity index (χ1n) is 5.00. The van der Waals surface area contributed by atoms with Crippen LogP contribution in [-0.4, -0.2) is 10.9 Å². The number of carbonyl (C=O) groups excluding carboxylic acids is 1. The second kappa shape index (κ2) is 4.80. The van der Waals surface area contributed by atoms with E-state index in [9.17, 15) is 14.7 Å². The highest BCUT2D eigenvalue weighted by Crippen LogP contribution is 2.33. The molecule has 0 aliphatic carbocycles. The van der Waals surface area contributed by atoms with E-state index in [-0.39, 0.29) is 28.3 Å². The van der Waals surface area contributed by atoms with Crippen molar-refractivity contribution in [1.82, 2.24) is 0 Å². The van der Waals surface area contributed by atoms with Crippen molar-refractivity contribution >= 4 is 61.9 Å². The highest BCUT2D eigenvalue weighted by atomic mass is 127. The zero-order chi connectivity index (χ0) is 13.6. The Labute approximate surface area is 130 Å². The first-order valence-corrected chi connectivity index (χ1v) is 7.15. The van der Waals surface area contributed by atoms with Gasteiger partial charge in [-0.2, -0.15) is 0 Å². The lowest BCUT2D eigenvalue weighted by molar-refractivity contribution is 0.101. The summed E-state index contributed by atoms with van der Waals surface area (Å²) >= 11 is 3.85. The zero-order valence-electron chi connectivity index (χ0n) is 9.51. The maximum Gasteiger partial charge on any atom is 0.203 e. The number of hydrogen-bond donors (Lipinski definition) is 1. The highest BCUT2D eigenvalue weighted by Gasteiger charge is 2.19. The predicted octanol–water partition coefficient (Wildman–Crippen LogP) is 3.22. The second-order valence-corrected chi connectivity index (χ2v) is 6.06. The normalized spacial score (nSPS) is 10.9. The van der Waals surface area contributed by atoms with Crippen LogP contribution in [0, 0.1) is 14.1 Å². The van der Waals surface area contributed by atoms with E-state index in [2.05, 4.69) is 0 Å². The number of aromatic hydroxyl groups is 1. The molecule has 0 radical (unpaired) electrons. The predicted molar refractivity (Wildman–Crippen MR) is 84.3 cm³/mol. The summed E-state index contributed by atoms with van der Waals surface area (Å²) in [6, 6.07) is 1.53. The topological polar surface area (TPSA) is 67.5 Å². The average Bonchev–Trinajstić information content (AvgIpc) is 2.28. The van der Waals surface area contributed by atoms with Crippen molar-refractivity contribution in [1.29, 1.82) is 0 Å². The standard InChI is InChI=1S/C12H8I2O4/c1-4(15)8-5(2)18-12-6(10(8)16)3-7(13)11(17)9(12)14/h3,17H,1-2H3. The quantitative estimate of drug-likeness (QED) is 0.514. The molecule has 0 saturated carbocycles. The van der Waals surface area contributed by atoms with Crippen LogP contribution in [0.25, 0.3) is 11.0 Å². The molecular weight excluding hydrogens is 462 g/mol. The molecule has 0 aliphatic rings. The first-order chi connectivity index (χ1) is 8.34. The van der Waals surface area contributed by atoms with Crippen LogP contribution < -0.4 is 5.43 Å². The number of hydrogen-bond acceptors (Lipinski definition) is 4. The lowest BCUT2D eigenvalue weighted by Crippen LogP contribution is -2.15. The van der Waals surface area contributed by atoms with Gasteiger partial charge < -0.3 is 9.52 Å². The van der Waals surface area contributed by atoms with Gasteiger partial charge in [-0.1, -0.05) is 0 Å². The molecule has 0 atom stereocenters. The number of aryl methyl sites for hydroxylation is 1. The molecule has 18 heavy (non-hydrogen) atoms. The van der Waals surface area contributed by atoms with Crippen LogP contribution in [0.3, 0.4) is 0 Å². The average molecular weight is 470 g/mol. The van der Waals surface area contributed by atoms with Gasteiger partial charge in [-0.3, -0.25) is 9.59 Å². The molecule has 6 heteroatoms. The van der Waals surface area contributed by atoms with Crippen LogP contribution in [0.5, 0.6) is 5.75 Å². The molecule has 1 aromatic heterocycles. The van der Waals surface area contributed by atoms with E-state index in [0.717, 1.165) is 0 Å². The summed E-state index contributed by atoms with van der Waals surface area (Å²) in [5.41, 5.74) is 0.0397. The van der Waals surface area contributed by atoms with Crippen LogP contribution >= 0.6 is 45.2 Å². The summed E-state index contributed by atoms with van der Waals surface area (Å²) < 4.78 is 6.54.